The van der Waals surface area contributed by atoms with Crippen molar-refractivity contribution in [1.29, 1.82) is 0 Å². The minimum Gasteiger partial charge on any atom is -0.370 e. The van der Waals surface area contributed by atoms with Crippen molar-refractivity contribution in [2.24, 2.45) is 0 Å². The van der Waals surface area contributed by atoms with Gasteiger partial charge in [0.2, 0.25) is 0 Å². The predicted molar refractivity (Wildman–Crippen MR) is 80.0 cm³/mol. The number of nitro groups is 1. The second kappa shape index (κ2) is 5.69. The van der Waals surface area contributed by atoms with Crippen LogP contribution in [0.2, 0.25) is 0 Å². The topological polar surface area (TPSA) is 68.1 Å². The van der Waals surface area contributed by atoms with Crippen LogP contribution in [0.4, 0.5) is 11.5 Å². The number of nitrogens with zero attached hydrogens (tertiary/aromatic N) is 2. The summed E-state index contributed by atoms with van der Waals surface area (Å²) < 4.78 is 0. The molecule has 0 bridgehead atoms. The molecule has 0 saturated heterocycles. The highest BCUT2D eigenvalue weighted by atomic mass is 16.6. The van der Waals surface area contributed by atoms with Gasteiger partial charge in [-0.2, -0.15) is 0 Å². The maximum Gasteiger partial charge on any atom is 0.295 e. The van der Waals surface area contributed by atoms with Crippen LogP contribution in [0.15, 0.2) is 30.3 Å². The van der Waals surface area contributed by atoms with E-state index in [0.29, 0.717) is 11.5 Å². The molecular formula is C15H17N3O2. The van der Waals surface area contributed by atoms with Gasteiger partial charge in [0.1, 0.15) is 5.82 Å². The molecule has 2 rings (SSSR count). The molecule has 0 aliphatic carbocycles. The van der Waals surface area contributed by atoms with Gasteiger partial charge in [0.05, 0.1) is 4.92 Å². The van der Waals surface area contributed by atoms with Gasteiger partial charge in [0, 0.05) is 18.2 Å². The average molecular weight is 271 g/mol. The Morgan fingerprint density at radius 3 is 2.40 bits per heavy atom. The van der Waals surface area contributed by atoms with E-state index in [2.05, 4.69) is 10.3 Å². The van der Waals surface area contributed by atoms with E-state index in [4.69, 9.17) is 0 Å². The van der Waals surface area contributed by atoms with Crippen molar-refractivity contribution >= 4 is 11.5 Å². The lowest BCUT2D eigenvalue weighted by Crippen LogP contribution is -2.02. The Kier molecular flexibility index (Phi) is 3.98. The fourth-order valence-electron chi connectivity index (χ4n) is 2.20. The summed E-state index contributed by atoms with van der Waals surface area (Å²) in [6.07, 6.45) is 0. The summed E-state index contributed by atoms with van der Waals surface area (Å²) in [4.78, 5) is 15.2. The minimum absolute atomic E-state index is 0.0247. The lowest BCUT2D eigenvalue weighted by Gasteiger charge is -2.08. The third kappa shape index (κ3) is 2.93. The molecule has 20 heavy (non-hydrogen) atoms. The van der Waals surface area contributed by atoms with Crippen LogP contribution in [-0.2, 0) is 0 Å². The molecular weight excluding hydrogens is 254 g/mol. The van der Waals surface area contributed by atoms with Crippen molar-refractivity contribution in [2.75, 3.05) is 11.9 Å². The van der Waals surface area contributed by atoms with Crippen LogP contribution in [0.1, 0.15) is 18.1 Å². The zero-order valence-electron chi connectivity index (χ0n) is 11.8. The van der Waals surface area contributed by atoms with Gasteiger partial charge in [-0.25, -0.2) is 4.98 Å². The Hall–Kier alpha value is -2.43. The third-order valence-corrected chi connectivity index (χ3v) is 2.92. The number of aryl methyl sites for hydroxylation is 2. The van der Waals surface area contributed by atoms with Gasteiger partial charge in [0.25, 0.3) is 5.69 Å². The van der Waals surface area contributed by atoms with E-state index < -0.39 is 4.92 Å². The van der Waals surface area contributed by atoms with Gasteiger partial charge in [0.15, 0.2) is 5.69 Å². The fraction of sp³-hybridized carbons (Fsp3) is 0.267. The molecule has 0 unspecified atom stereocenters. The Labute approximate surface area is 117 Å². The van der Waals surface area contributed by atoms with Crippen molar-refractivity contribution in [3.8, 4) is 11.3 Å². The van der Waals surface area contributed by atoms with E-state index >= 15 is 0 Å². The molecule has 0 aliphatic heterocycles. The molecule has 1 aromatic carbocycles. The summed E-state index contributed by atoms with van der Waals surface area (Å²) in [6.45, 7) is 6.61. The molecule has 0 aliphatic rings. The lowest BCUT2D eigenvalue weighted by atomic mass is 10.0. The van der Waals surface area contributed by atoms with Crippen molar-refractivity contribution in [1.82, 2.24) is 4.98 Å². The number of hydrogen-bond donors (Lipinski definition) is 1. The minimum atomic E-state index is -0.393. The van der Waals surface area contributed by atoms with Crippen LogP contribution >= 0.6 is 0 Å². The summed E-state index contributed by atoms with van der Waals surface area (Å²) in [5.74, 6) is 0.646. The number of rotatable bonds is 4. The first-order chi connectivity index (χ1) is 9.51. The lowest BCUT2D eigenvalue weighted by molar-refractivity contribution is -0.384. The van der Waals surface area contributed by atoms with Gasteiger partial charge >= 0.3 is 0 Å². The standard InChI is InChI=1S/C15H17N3O2/c1-4-16-14-6-5-13(18(19)20)15(17-14)12-8-10(2)7-11(3)9-12/h5-9H,4H2,1-3H3,(H,16,17). The fourth-order valence-corrected chi connectivity index (χ4v) is 2.20. The van der Waals surface area contributed by atoms with Crippen molar-refractivity contribution in [2.45, 2.75) is 20.8 Å². The highest BCUT2D eigenvalue weighted by Gasteiger charge is 2.18. The number of aromatic nitrogens is 1. The van der Waals surface area contributed by atoms with Crippen LogP contribution in [0.5, 0.6) is 0 Å². The van der Waals surface area contributed by atoms with Crippen molar-refractivity contribution in [3.05, 3.63) is 51.6 Å². The SMILES string of the molecule is CCNc1ccc([N+](=O)[O-])c(-c2cc(C)cc(C)c2)n1. The van der Waals surface area contributed by atoms with Crippen LogP contribution in [0.3, 0.4) is 0 Å². The van der Waals surface area contributed by atoms with Gasteiger partial charge in [-0.1, -0.05) is 17.2 Å². The van der Waals surface area contributed by atoms with Crippen LogP contribution in [-0.4, -0.2) is 16.5 Å². The zero-order chi connectivity index (χ0) is 14.7. The number of hydrogen-bond acceptors (Lipinski definition) is 4. The molecule has 0 atom stereocenters. The average Bonchev–Trinajstić information content (AvgIpc) is 2.37. The zero-order valence-corrected chi connectivity index (χ0v) is 11.8. The summed E-state index contributed by atoms with van der Waals surface area (Å²) in [5.41, 5.74) is 3.32. The summed E-state index contributed by atoms with van der Waals surface area (Å²) in [5, 5.41) is 14.3. The van der Waals surface area contributed by atoms with E-state index in [0.717, 1.165) is 23.2 Å². The highest BCUT2D eigenvalue weighted by molar-refractivity contribution is 5.72. The quantitative estimate of drug-likeness (QED) is 0.680. The molecule has 5 nitrogen and oxygen atoms in total. The maximum absolute atomic E-state index is 11.2. The van der Waals surface area contributed by atoms with Crippen LogP contribution in [0, 0.1) is 24.0 Å². The van der Waals surface area contributed by atoms with Gasteiger partial charge in [-0.05, 0) is 39.0 Å². The van der Waals surface area contributed by atoms with Crippen molar-refractivity contribution < 1.29 is 4.92 Å². The summed E-state index contributed by atoms with van der Waals surface area (Å²) in [7, 11) is 0. The molecule has 5 heteroatoms. The Morgan fingerprint density at radius 2 is 1.85 bits per heavy atom. The first-order valence-corrected chi connectivity index (χ1v) is 6.49. The van der Waals surface area contributed by atoms with Crippen molar-refractivity contribution in [3.63, 3.8) is 0 Å². The molecule has 0 fully saturated rings. The smallest absolute Gasteiger partial charge is 0.295 e. The molecule has 0 radical (unpaired) electrons. The second-order valence-electron chi connectivity index (χ2n) is 4.73. The Balaban J connectivity index is 2.62. The second-order valence-corrected chi connectivity index (χ2v) is 4.73. The van der Waals surface area contributed by atoms with E-state index in [9.17, 15) is 10.1 Å². The Bertz CT molecular complexity index is 633. The number of anilines is 1. The molecule has 104 valence electrons. The molecule has 0 spiro atoms. The van der Waals surface area contributed by atoms with E-state index in [1.807, 2.05) is 39.0 Å². The van der Waals surface area contributed by atoms with Crippen LogP contribution < -0.4 is 5.32 Å². The summed E-state index contributed by atoms with van der Waals surface area (Å²) >= 11 is 0. The first-order valence-electron chi connectivity index (χ1n) is 6.49. The van der Waals surface area contributed by atoms with Gasteiger partial charge in [-0.15, -0.1) is 0 Å². The van der Waals surface area contributed by atoms with E-state index in [1.54, 1.807) is 6.07 Å². The Morgan fingerprint density at radius 1 is 1.20 bits per heavy atom. The van der Waals surface area contributed by atoms with Gasteiger partial charge < -0.3 is 5.32 Å². The van der Waals surface area contributed by atoms with Gasteiger partial charge in [-0.3, -0.25) is 10.1 Å². The van der Waals surface area contributed by atoms with E-state index in [1.165, 1.54) is 6.07 Å². The molecule has 1 heterocycles. The highest BCUT2D eigenvalue weighted by Crippen LogP contribution is 2.30. The summed E-state index contributed by atoms with van der Waals surface area (Å²) in [6, 6.07) is 8.99. The predicted octanol–water partition coefficient (Wildman–Crippen LogP) is 3.71. The molecule has 1 N–H and O–H groups in total. The normalized spacial score (nSPS) is 10.3. The molecule has 0 amide bonds. The molecule has 1 aromatic heterocycles. The first kappa shape index (κ1) is 14.0. The van der Waals surface area contributed by atoms with Crippen LogP contribution in [0.25, 0.3) is 11.3 Å². The largest absolute Gasteiger partial charge is 0.370 e. The third-order valence-electron chi connectivity index (χ3n) is 2.92. The number of benzene rings is 1. The molecule has 2 aromatic rings. The monoisotopic (exact) mass is 271 g/mol. The van der Waals surface area contributed by atoms with E-state index in [-0.39, 0.29) is 5.69 Å². The maximum atomic E-state index is 11.2. The molecule has 0 saturated carbocycles. The number of pyridine rings is 1. The number of nitrogens with one attached hydrogen (secondary N) is 1.